The van der Waals surface area contributed by atoms with Crippen LogP contribution in [0, 0.1) is 6.92 Å². The van der Waals surface area contributed by atoms with Gasteiger partial charge in [0.15, 0.2) is 0 Å². The number of aryl methyl sites for hydroxylation is 1. The van der Waals surface area contributed by atoms with E-state index in [-0.39, 0.29) is 18.5 Å². The van der Waals surface area contributed by atoms with E-state index in [4.69, 9.17) is 0 Å². The van der Waals surface area contributed by atoms with E-state index in [9.17, 15) is 13.2 Å². The molecule has 1 unspecified atom stereocenters. The lowest BCUT2D eigenvalue weighted by atomic mass is 10.1. The molecule has 0 aliphatic rings. The minimum atomic E-state index is -3.59. The molecular formula is C21H28N2O3S. The Morgan fingerprint density at radius 3 is 2.19 bits per heavy atom. The SMILES string of the molecule is CCC(C)N(Cc1ccccc1)C(=O)CN(c1ccccc1C)S(C)(=O)=O. The summed E-state index contributed by atoms with van der Waals surface area (Å²) in [7, 11) is -3.59. The monoisotopic (exact) mass is 388 g/mol. The maximum absolute atomic E-state index is 13.1. The third-order valence-electron chi connectivity index (χ3n) is 4.70. The molecule has 0 fully saturated rings. The number of para-hydroxylation sites is 1. The minimum absolute atomic E-state index is 0.0102. The number of carbonyl (C=O) groups excluding carboxylic acids is 1. The summed E-state index contributed by atoms with van der Waals surface area (Å²) >= 11 is 0. The Morgan fingerprint density at radius 1 is 1.04 bits per heavy atom. The van der Waals surface area contributed by atoms with Gasteiger partial charge in [-0.25, -0.2) is 8.42 Å². The molecule has 146 valence electrons. The zero-order valence-electron chi connectivity index (χ0n) is 16.4. The second-order valence-electron chi connectivity index (χ2n) is 6.82. The average molecular weight is 389 g/mol. The van der Waals surface area contributed by atoms with Crippen molar-refractivity contribution in [3.8, 4) is 0 Å². The molecular weight excluding hydrogens is 360 g/mol. The van der Waals surface area contributed by atoms with Crippen LogP contribution < -0.4 is 4.31 Å². The number of carbonyl (C=O) groups is 1. The van der Waals surface area contributed by atoms with Crippen molar-refractivity contribution in [2.75, 3.05) is 17.1 Å². The van der Waals surface area contributed by atoms with E-state index in [1.165, 1.54) is 4.31 Å². The van der Waals surface area contributed by atoms with Gasteiger partial charge in [-0.05, 0) is 37.5 Å². The summed E-state index contributed by atoms with van der Waals surface area (Å²) in [5.41, 5.74) is 2.37. The summed E-state index contributed by atoms with van der Waals surface area (Å²) < 4.78 is 26.0. The van der Waals surface area contributed by atoms with Gasteiger partial charge in [0.1, 0.15) is 6.54 Å². The number of hydrogen-bond acceptors (Lipinski definition) is 3. The molecule has 0 saturated carbocycles. The first kappa shape index (κ1) is 21.0. The van der Waals surface area contributed by atoms with Crippen LogP contribution in [0.4, 0.5) is 5.69 Å². The first-order chi connectivity index (χ1) is 12.7. The van der Waals surface area contributed by atoms with Crippen molar-refractivity contribution >= 4 is 21.6 Å². The van der Waals surface area contributed by atoms with E-state index in [2.05, 4.69) is 0 Å². The Balaban J connectivity index is 2.31. The van der Waals surface area contributed by atoms with Crippen molar-refractivity contribution in [1.82, 2.24) is 4.90 Å². The van der Waals surface area contributed by atoms with Gasteiger partial charge in [-0.15, -0.1) is 0 Å². The molecule has 2 rings (SSSR count). The van der Waals surface area contributed by atoms with Gasteiger partial charge in [-0.2, -0.15) is 0 Å². The fourth-order valence-electron chi connectivity index (χ4n) is 2.93. The van der Waals surface area contributed by atoms with Gasteiger partial charge in [0.05, 0.1) is 11.9 Å². The van der Waals surface area contributed by atoms with E-state index >= 15 is 0 Å². The molecule has 0 spiro atoms. The Bertz CT molecular complexity index is 866. The summed E-state index contributed by atoms with van der Waals surface area (Å²) in [6.07, 6.45) is 1.93. The van der Waals surface area contributed by atoms with Crippen LogP contribution in [-0.2, 0) is 21.4 Å². The van der Waals surface area contributed by atoms with Gasteiger partial charge in [-0.3, -0.25) is 9.10 Å². The summed E-state index contributed by atoms with van der Waals surface area (Å²) in [5.74, 6) is -0.207. The van der Waals surface area contributed by atoms with E-state index in [1.54, 1.807) is 17.0 Å². The number of benzene rings is 2. The van der Waals surface area contributed by atoms with Gasteiger partial charge in [0, 0.05) is 12.6 Å². The molecule has 2 aromatic rings. The predicted molar refractivity (Wildman–Crippen MR) is 110 cm³/mol. The van der Waals surface area contributed by atoms with Crippen molar-refractivity contribution in [1.29, 1.82) is 0 Å². The van der Waals surface area contributed by atoms with Crippen LogP contribution in [0.1, 0.15) is 31.4 Å². The summed E-state index contributed by atoms with van der Waals surface area (Å²) in [6.45, 7) is 6.10. The van der Waals surface area contributed by atoms with Crippen molar-refractivity contribution in [3.63, 3.8) is 0 Å². The highest BCUT2D eigenvalue weighted by atomic mass is 32.2. The van der Waals surface area contributed by atoms with Crippen LogP contribution in [-0.4, -0.2) is 38.1 Å². The lowest BCUT2D eigenvalue weighted by Gasteiger charge is -2.32. The maximum atomic E-state index is 13.1. The minimum Gasteiger partial charge on any atom is -0.334 e. The van der Waals surface area contributed by atoms with Crippen LogP contribution in [0.3, 0.4) is 0 Å². The van der Waals surface area contributed by atoms with E-state index in [1.807, 2.05) is 63.2 Å². The fraction of sp³-hybridized carbons (Fsp3) is 0.381. The van der Waals surface area contributed by atoms with Crippen LogP contribution in [0.2, 0.25) is 0 Å². The molecule has 0 saturated heterocycles. The molecule has 0 aliphatic heterocycles. The summed E-state index contributed by atoms with van der Waals surface area (Å²) in [4.78, 5) is 14.9. The van der Waals surface area contributed by atoms with Gasteiger partial charge in [0.25, 0.3) is 0 Å². The zero-order valence-corrected chi connectivity index (χ0v) is 17.2. The highest BCUT2D eigenvalue weighted by Crippen LogP contribution is 2.23. The van der Waals surface area contributed by atoms with Gasteiger partial charge < -0.3 is 4.90 Å². The van der Waals surface area contributed by atoms with Gasteiger partial charge in [0.2, 0.25) is 15.9 Å². The smallest absolute Gasteiger partial charge is 0.243 e. The van der Waals surface area contributed by atoms with Crippen molar-refractivity contribution < 1.29 is 13.2 Å². The largest absolute Gasteiger partial charge is 0.334 e. The van der Waals surface area contributed by atoms with Crippen molar-refractivity contribution in [2.45, 2.75) is 39.8 Å². The van der Waals surface area contributed by atoms with Crippen LogP contribution in [0.25, 0.3) is 0 Å². The lowest BCUT2D eigenvalue weighted by Crippen LogP contribution is -2.45. The third-order valence-corrected chi connectivity index (χ3v) is 5.83. The number of hydrogen-bond donors (Lipinski definition) is 0. The Hall–Kier alpha value is -2.34. The van der Waals surface area contributed by atoms with E-state index in [0.29, 0.717) is 12.2 Å². The molecule has 0 aliphatic carbocycles. The second-order valence-corrected chi connectivity index (χ2v) is 8.73. The van der Waals surface area contributed by atoms with Crippen LogP contribution in [0.5, 0.6) is 0 Å². The van der Waals surface area contributed by atoms with Crippen LogP contribution in [0.15, 0.2) is 54.6 Å². The molecule has 0 aromatic heterocycles. The highest BCUT2D eigenvalue weighted by Gasteiger charge is 2.27. The number of rotatable bonds is 8. The quantitative estimate of drug-likeness (QED) is 0.694. The lowest BCUT2D eigenvalue weighted by molar-refractivity contribution is -0.132. The maximum Gasteiger partial charge on any atom is 0.243 e. The topological polar surface area (TPSA) is 57.7 Å². The Kier molecular flexibility index (Phi) is 7.02. The molecule has 0 radical (unpaired) electrons. The first-order valence-electron chi connectivity index (χ1n) is 9.10. The number of nitrogens with zero attached hydrogens (tertiary/aromatic N) is 2. The predicted octanol–water partition coefficient (Wildman–Crippen LogP) is 3.59. The number of anilines is 1. The Morgan fingerprint density at radius 2 is 1.63 bits per heavy atom. The normalized spacial score (nSPS) is 12.4. The molecule has 27 heavy (non-hydrogen) atoms. The second kappa shape index (κ2) is 9.04. The summed E-state index contributed by atoms with van der Waals surface area (Å²) in [6, 6.07) is 17.0. The molecule has 6 heteroatoms. The number of amides is 1. The van der Waals surface area contributed by atoms with Crippen molar-refractivity contribution in [2.24, 2.45) is 0 Å². The first-order valence-corrected chi connectivity index (χ1v) is 11.0. The molecule has 0 heterocycles. The molecule has 1 atom stereocenters. The standard InChI is InChI=1S/C21H28N2O3S/c1-5-18(3)22(15-19-12-7-6-8-13-19)21(24)16-23(27(4,25)26)20-14-10-9-11-17(20)2/h6-14,18H,5,15-16H2,1-4H3. The summed E-state index contributed by atoms with van der Waals surface area (Å²) in [5, 5.41) is 0. The molecule has 2 aromatic carbocycles. The number of sulfonamides is 1. The average Bonchev–Trinajstić information content (AvgIpc) is 2.64. The highest BCUT2D eigenvalue weighted by molar-refractivity contribution is 7.92. The van der Waals surface area contributed by atoms with E-state index < -0.39 is 10.0 Å². The van der Waals surface area contributed by atoms with E-state index in [0.717, 1.165) is 23.8 Å². The van der Waals surface area contributed by atoms with Gasteiger partial charge >= 0.3 is 0 Å². The Labute approximate surface area is 162 Å². The molecule has 0 N–H and O–H groups in total. The molecule has 1 amide bonds. The molecule has 5 nitrogen and oxygen atoms in total. The van der Waals surface area contributed by atoms with Crippen LogP contribution >= 0.6 is 0 Å². The fourth-order valence-corrected chi connectivity index (χ4v) is 3.84. The molecule has 0 bridgehead atoms. The van der Waals surface area contributed by atoms with Gasteiger partial charge in [-0.1, -0.05) is 55.5 Å². The van der Waals surface area contributed by atoms with Crippen molar-refractivity contribution in [3.05, 3.63) is 65.7 Å². The third kappa shape index (κ3) is 5.57. The zero-order chi connectivity index (χ0) is 20.0.